The van der Waals surface area contributed by atoms with E-state index in [1.807, 2.05) is 12.3 Å². The second kappa shape index (κ2) is 7.09. The summed E-state index contributed by atoms with van der Waals surface area (Å²) in [5.41, 5.74) is 13.7. The summed E-state index contributed by atoms with van der Waals surface area (Å²) in [5.74, 6) is -1.31. The van der Waals surface area contributed by atoms with Gasteiger partial charge < -0.3 is 21.3 Å². The van der Waals surface area contributed by atoms with E-state index in [9.17, 15) is 9.59 Å². The lowest BCUT2D eigenvalue weighted by molar-refractivity contribution is 0.0606. The molecule has 0 bridgehead atoms. The molecule has 0 amide bonds. The first-order chi connectivity index (χ1) is 9.79. The third-order valence-corrected chi connectivity index (χ3v) is 4.81. The van der Waals surface area contributed by atoms with E-state index in [4.69, 9.17) is 16.6 Å². The van der Waals surface area contributed by atoms with Crippen LogP contribution in [-0.2, 0) is 4.74 Å². The van der Waals surface area contributed by atoms with E-state index in [1.165, 1.54) is 18.4 Å². The number of thiophene rings is 2. The molecular weight excluding hydrogens is 312 g/mol. The minimum atomic E-state index is -0.949. The molecule has 0 radical (unpaired) electrons. The average molecular weight is 328 g/mol. The third kappa shape index (κ3) is 3.96. The molecular formula is C13H16N2O4S2. The third-order valence-electron chi connectivity index (χ3n) is 2.61. The summed E-state index contributed by atoms with van der Waals surface area (Å²) in [7, 11) is 1.34. The lowest BCUT2D eigenvalue weighted by Gasteiger charge is -1.96. The number of hydrogen-bond donors (Lipinski definition) is 3. The molecule has 2 rings (SSSR count). The van der Waals surface area contributed by atoms with Gasteiger partial charge in [-0.2, -0.15) is 0 Å². The van der Waals surface area contributed by atoms with Crippen molar-refractivity contribution in [1.82, 2.24) is 0 Å². The number of rotatable bonds is 2. The highest BCUT2D eigenvalue weighted by atomic mass is 32.1. The van der Waals surface area contributed by atoms with Crippen molar-refractivity contribution in [3.05, 3.63) is 31.6 Å². The average Bonchev–Trinajstić information content (AvgIpc) is 2.95. The largest absolute Gasteiger partial charge is 0.477 e. The zero-order valence-corrected chi connectivity index (χ0v) is 13.4. The van der Waals surface area contributed by atoms with Crippen molar-refractivity contribution in [2.24, 2.45) is 0 Å². The molecule has 0 aliphatic heterocycles. The second-order valence-electron chi connectivity index (χ2n) is 4.12. The van der Waals surface area contributed by atoms with E-state index < -0.39 is 5.97 Å². The van der Waals surface area contributed by atoms with Crippen molar-refractivity contribution in [1.29, 1.82) is 0 Å². The fraction of sp³-hybridized carbons (Fsp3) is 0.231. The molecule has 2 aromatic rings. The second-order valence-corrected chi connectivity index (χ2v) is 5.88. The number of carbonyl (C=O) groups excluding carboxylic acids is 1. The molecule has 21 heavy (non-hydrogen) atoms. The number of ether oxygens (including phenoxy) is 1. The van der Waals surface area contributed by atoms with Crippen LogP contribution in [0.3, 0.4) is 0 Å². The summed E-state index contributed by atoms with van der Waals surface area (Å²) in [6.45, 7) is 3.65. The van der Waals surface area contributed by atoms with Gasteiger partial charge in [-0.05, 0) is 35.7 Å². The lowest BCUT2D eigenvalue weighted by atomic mass is 10.3. The summed E-state index contributed by atoms with van der Waals surface area (Å²) >= 11 is 2.47. The molecule has 2 heterocycles. The Hall–Kier alpha value is -2.06. The molecule has 0 unspecified atom stereocenters. The predicted molar refractivity (Wildman–Crippen MR) is 85.2 cm³/mol. The molecule has 0 atom stereocenters. The molecule has 0 saturated heterocycles. The van der Waals surface area contributed by atoms with Crippen LogP contribution in [0.2, 0.25) is 0 Å². The highest BCUT2D eigenvalue weighted by molar-refractivity contribution is 7.13. The molecule has 114 valence electrons. The number of anilines is 2. The molecule has 0 aliphatic rings. The van der Waals surface area contributed by atoms with Crippen molar-refractivity contribution in [2.75, 3.05) is 18.6 Å². The molecule has 2 aromatic heterocycles. The van der Waals surface area contributed by atoms with Gasteiger partial charge in [0, 0.05) is 0 Å². The predicted octanol–water partition coefficient (Wildman–Crippen LogP) is 2.76. The standard InChI is InChI=1S/C7H9NO2S.C6H7NO2S/c1-4-3-11-6(5(4)8)7(9)10-2;1-3-2-10-5(4(3)7)6(8)9/h3H,8H2,1-2H3;2H,7H2,1H3,(H,8,9). The molecule has 0 saturated carbocycles. The van der Waals surface area contributed by atoms with Crippen LogP contribution in [0.4, 0.5) is 11.4 Å². The number of aryl methyl sites for hydroxylation is 2. The maximum absolute atomic E-state index is 11.0. The first-order valence-corrected chi connectivity index (χ1v) is 7.54. The van der Waals surface area contributed by atoms with Crippen molar-refractivity contribution in [2.45, 2.75) is 13.8 Å². The number of carboxylic acid groups (broad SMARTS) is 1. The number of nitrogens with two attached hydrogens (primary N) is 2. The smallest absolute Gasteiger partial charge is 0.350 e. The Bertz CT molecular complexity index is 661. The van der Waals surface area contributed by atoms with E-state index in [-0.39, 0.29) is 10.8 Å². The Balaban J connectivity index is 0.000000211. The van der Waals surface area contributed by atoms with E-state index >= 15 is 0 Å². The highest BCUT2D eigenvalue weighted by Gasteiger charge is 2.13. The number of methoxy groups -OCH3 is 1. The van der Waals surface area contributed by atoms with Gasteiger partial charge in [0.15, 0.2) is 0 Å². The maximum atomic E-state index is 11.0. The molecule has 0 spiro atoms. The fourth-order valence-corrected chi connectivity index (χ4v) is 3.02. The quantitative estimate of drug-likeness (QED) is 0.730. The zero-order valence-electron chi connectivity index (χ0n) is 11.8. The van der Waals surface area contributed by atoms with Crippen molar-refractivity contribution >= 4 is 46.0 Å². The van der Waals surface area contributed by atoms with Crippen molar-refractivity contribution < 1.29 is 19.4 Å². The Morgan fingerprint density at radius 1 is 1.05 bits per heavy atom. The number of carbonyl (C=O) groups is 2. The summed E-state index contributed by atoms with van der Waals surface area (Å²) in [5, 5.41) is 12.1. The zero-order chi connectivity index (χ0) is 16.2. The van der Waals surface area contributed by atoms with Crippen LogP contribution in [0.15, 0.2) is 10.8 Å². The number of aromatic carboxylic acids is 1. The number of hydrogen-bond acceptors (Lipinski definition) is 7. The van der Waals surface area contributed by atoms with E-state index in [1.54, 1.807) is 12.3 Å². The van der Waals surface area contributed by atoms with Crippen molar-refractivity contribution in [3.8, 4) is 0 Å². The van der Waals surface area contributed by atoms with Gasteiger partial charge in [-0.15, -0.1) is 22.7 Å². The van der Waals surface area contributed by atoms with Gasteiger partial charge in [0.1, 0.15) is 9.75 Å². The van der Waals surface area contributed by atoms with Gasteiger partial charge in [0.05, 0.1) is 18.5 Å². The molecule has 6 nitrogen and oxygen atoms in total. The van der Waals surface area contributed by atoms with Crippen LogP contribution in [0, 0.1) is 13.8 Å². The van der Waals surface area contributed by atoms with Gasteiger partial charge in [0.2, 0.25) is 0 Å². The van der Waals surface area contributed by atoms with E-state index in [0.29, 0.717) is 16.3 Å². The SMILES string of the molecule is COC(=O)c1scc(C)c1N.Cc1csc(C(=O)O)c1N. The van der Waals surface area contributed by atoms with Crippen LogP contribution >= 0.6 is 22.7 Å². The fourth-order valence-electron chi connectivity index (χ4n) is 1.32. The van der Waals surface area contributed by atoms with Crippen LogP contribution in [-0.4, -0.2) is 24.2 Å². The van der Waals surface area contributed by atoms with E-state index in [0.717, 1.165) is 22.5 Å². The number of esters is 1. The van der Waals surface area contributed by atoms with Crippen molar-refractivity contribution in [3.63, 3.8) is 0 Å². The van der Waals surface area contributed by atoms with Gasteiger partial charge in [-0.25, -0.2) is 9.59 Å². The summed E-state index contributed by atoms with van der Waals surface area (Å²) < 4.78 is 4.52. The normalized spacial score (nSPS) is 9.67. The van der Waals surface area contributed by atoms with Gasteiger partial charge in [0.25, 0.3) is 0 Å². The Morgan fingerprint density at radius 2 is 1.48 bits per heavy atom. The van der Waals surface area contributed by atoms with Crippen LogP contribution in [0.1, 0.15) is 30.5 Å². The minimum absolute atomic E-state index is 0.234. The Labute approximate surface area is 130 Å². The van der Waals surface area contributed by atoms with Gasteiger partial charge in [-0.3, -0.25) is 0 Å². The molecule has 5 N–H and O–H groups in total. The topological polar surface area (TPSA) is 116 Å². The number of carboxylic acids is 1. The highest BCUT2D eigenvalue weighted by Crippen LogP contribution is 2.24. The van der Waals surface area contributed by atoms with Gasteiger partial charge >= 0.3 is 11.9 Å². The van der Waals surface area contributed by atoms with Crippen LogP contribution in [0.5, 0.6) is 0 Å². The molecule has 0 fully saturated rings. The Morgan fingerprint density at radius 3 is 1.71 bits per heavy atom. The molecule has 0 aliphatic carbocycles. The molecule has 0 aromatic carbocycles. The summed E-state index contributed by atoms with van der Waals surface area (Å²) in [6.07, 6.45) is 0. The van der Waals surface area contributed by atoms with E-state index in [2.05, 4.69) is 4.74 Å². The minimum Gasteiger partial charge on any atom is -0.477 e. The summed E-state index contributed by atoms with van der Waals surface area (Å²) in [6, 6.07) is 0. The monoisotopic (exact) mass is 328 g/mol. The first-order valence-electron chi connectivity index (χ1n) is 5.78. The lowest BCUT2D eigenvalue weighted by Crippen LogP contribution is -2.01. The first kappa shape index (κ1) is 17.0. The number of nitrogen functional groups attached to an aromatic ring is 2. The molecule has 8 heteroatoms. The summed E-state index contributed by atoms with van der Waals surface area (Å²) in [4.78, 5) is 22.0. The Kier molecular flexibility index (Phi) is 5.74. The van der Waals surface area contributed by atoms with Gasteiger partial charge in [-0.1, -0.05) is 0 Å². The maximum Gasteiger partial charge on any atom is 0.350 e. The van der Waals surface area contributed by atoms with Crippen LogP contribution in [0.25, 0.3) is 0 Å². The van der Waals surface area contributed by atoms with Crippen LogP contribution < -0.4 is 11.5 Å².